The van der Waals surface area contributed by atoms with Crippen LogP contribution in [0.2, 0.25) is 0 Å². The molecule has 0 amide bonds. The summed E-state index contributed by atoms with van der Waals surface area (Å²) in [6.45, 7) is 1.37. The van der Waals surface area contributed by atoms with Gasteiger partial charge in [-0.05, 0) is 37.0 Å². The van der Waals surface area contributed by atoms with Gasteiger partial charge in [-0.1, -0.05) is 0 Å². The van der Waals surface area contributed by atoms with E-state index in [1.54, 1.807) is 18.3 Å². The normalized spacial score (nSPS) is 15.7. The summed E-state index contributed by atoms with van der Waals surface area (Å²) in [5.41, 5.74) is -1.12. The Morgan fingerprint density at radius 1 is 1.23 bits per heavy atom. The topological polar surface area (TPSA) is 74.8 Å². The Bertz CT molecular complexity index is 879. The predicted molar refractivity (Wildman–Crippen MR) is 87.4 cm³/mol. The maximum Gasteiger partial charge on any atom is 0.435 e. The summed E-state index contributed by atoms with van der Waals surface area (Å²) >= 11 is 0. The van der Waals surface area contributed by atoms with Crippen LogP contribution in [0.1, 0.15) is 24.1 Å². The molecule has 0 bridgehead atoms. The maximum absolute atomic E-state index is 12.8. The van der Waals surface area contributed by atoms with Crippen molar-refractivity contribution < 1.29 is 13.2 Å². The Hall–Kier alpha value is -2.89. The van der Waals surface area contributed by atoms with Crippen molar-refractivity contribution in [2.45, 2.75) is 25.6 Å². The van der Waals surface area contributed by atoms with Crippen molar-refractivity contribution in [3.8, 4) is 6.07 Å². The number of hydrogen-bond donors (Lipinski definition) is 0. The first-order valence-corrected chi connectivity index (χ1v) is 8.14. The lowest BCUT2D eigenvalue weighted by Crippen LogP contribution is -2.38. The molecule has 3 heterocycles. The monoisotopic (exact) mass is 363 g/mol. The Labute approximate surface area is 147 Å². The Balaban J connectivity index is 1.68. The summed E-state index contributed by atoms with van der Waals surface area (Å²) in [4.78, 5) is 18.0. The zero-order valence-electron chi connectivity index (χ0n) is 13.8. The second kappa shape index (κ2) is 7.15. The minimum absolute atomic E-state index is 0.0363. The summed E-state index contributed by atoms with van der Waals surface area (Å²) in [5, 5.41) is 12.6. The number of nitriles is 1. The average molecular weight is 363 g/mol. The highest BCUT2D eigenvalue weighted by atomic mass is 19.4. The van der Waals surface area contributed by atoms with Crippen LogP contribution in [0.5, 0.6) is 0 Å². The predicted octanol–water partition coefficient (Wildman–Crippen LogP) is 2.45. The molecule has 0 saturated carbocycles. The van der Waals surface area contributed by atoms with E-state index in [0.29, 0.717) is 43.4 Å². The van der Waals surface area contributed by atoms with Crippen molar-refractivity contribution in [3.63, 3.8) is 0 Å². The molecule has 0 radical (unpaired) electrons. The fourth-order valence-electron chi connectivity index (χ4n) is 3.04. The van der Waals surface area contributed by atoms with Crippen LogP contribution in [0.3, 0.4) is 0 Å². The lowest BCUT2D eigenvalue weighted by atomic mass is 9.96. The van der Waals surface area contributed by atoms with E-state index in [1.165, 1.54) is 0 Å². The quantitative estimate of drug-likeness (QED) is 0.837. The molecule has 0 atom stereocenters. The second-order valence-corrected chi connectivity index (χ2v) is 6.15. The van der Waals surface area contributed by atoms with Gasteiger partial charge in [0.25, 0.3) is 5.56 Å². The molecule has 1 saturated heterocycles. The molecule has 6 nitrogen and oxygen atoms in total. The molecule has 0 spiro atoms. The molecule has 2 aromatic rings. The second-order valence-electron chi connectivity index (χ2n) is 6.15. The molecule has 26 heavy (non-hydrogen) atoms. The highest BCUT2D eigenvalue weighted by molar-refractivity contribution is 5.53. The number of nitrogens with zero attached hydrogens (tertiary/aromatic N) is 5. The molecule has 3 rings (SSSR count). The first-order valence-electron chi connectivity index (χ1n) is 8.14. The highest BCUT2D eigenvalue weighted by Gasteiger charge is 2.33. The first kappa shape index (κ1) is 17.9. The van der Waals surface area contributed by atoms with E-state index in [0.717, 1.165) is 10.7 Å². The number of rotatable bonds is 3. The van der Waals surface area contributed by atoms with E-state index < -0.39 is 17.4 Å². The zero-order chi connectivity index (χ0) is 18.7. The third kappa shape index (κ3) is 3.85. The maximum atomic E-state index is 12.8. The van der Waals surface area contributed by atoms with E-state index in [9.17, 15) is 18.0 Å². The fraction of sp³-hybridized carbons (Fsp3) is 0.412. The van der Waals surface area contributed by atoms with Crippen LogP contribution in [0.25, 0.3) is 0 Å². The zero-order valence-corrected chi connectivity index (χ0v) is 13.8. The van der Waals surface area contributed by atoms with Crippen LogP contribution in [0.15, 0.2) is 35.3 Å². The number of piperidine rings is 1. The number of anilines is 1. The van der Waals surface area contributed by atoms with Crippen LogP contribution >= 0.6 is 0 Å². The lowest BCUT2D eigenvalue weighted by Gasteiger charge is -2.33. The van der Waals surface area contributed by atoms with Gasteiger partial charge in [-0.15, -0.1) is 0 Å². The molecule has 0 aromatic carbocycles. The summed E-state index contributed by atoms with van der Waals surface area (Å²) < 4.78 is 39.2. The Kier molecular flexibility index (Phi) is 4.93. The van der Waals surface area contributed by atoms with Gasteiger partial charge in [0.2, 0.25) is 0 Å². The number of hydrogen-bond acceptors (Lipinski definition) is 5. The molecular formula is C17H16F3N5O. The van der Waals surface area contributed by atoms with Gasteiger partial charge in [0.15, 0.2) is 5.69 Å². The van der Waals surface area contributed by atoms with Crippen molar-refractivity contribution in [2.75, 3.05) is 18.0 Å². The summed E-state index contributed by atoms with van der Waals surface area (Å²) in [7, 11) is 0. The molecule has 1 fully saturated rings. The summed E-state index contributed by atoms with van der Waals surface area (Å²) in [6.07, 6.45) is -1.61. The fourth-order valence-corrected chi connectivity index (χ4v) is 3.04. The molecule has 1 aliphatic rings. The largest absolute Gasteiger partial charge is 0.435 e. The van der Waals surface area contributed by atoms with Gasteiger partial charge < -0.3 is 4.90 Å². The van der Waals surface area contributed by atoms with Gasteiger partial charge in [0.1, 0.15) is 11.9 Å². The SMILES string of the molecule is N#Cc1cccnc1N1CCC(Cn2nc(C(F)(F)F)ccc2=O)CC1. The number of halogens is 3. The van der Waals surface area contributed by atoms with Gasteiger partial charge in [0, 0.05) is 31.9 Å². The molecule has 136 valence electrons. The Morgan fingerprint density at radius 2 is 1.96 bits per heavy atom. The van der Waals surface area contributed by atoms with Gasteiger partial charge in [-0.2, -0.15) is 23.5 Å². The van der Waals surface area contributed by atoms with Crippen molar-refractivity contribution in [3.05, 3.63) is 52.1 Å². The van der Waals surface area contributed by atoms with E-state index in [4.69, 9.17) is 5.26 Å². The van der Waals surface area contributed by atoms with E-state index in [-0.39, 0.29) is 12.5 Å². The van der Waals surface area contributed by atoms with Crippen molar-refractivity contribution in [1.82, 2.24) is 14.8 Å². The van der Waals surface area contributed by atoms with Crippen LogP contribution in [-0.4, -0.2) is 27.9 Å². The lowest BCUT2D eigenvalue weighted by molar-refractivity contribution is -0.142. The number of alkyl halides is 3. The molecule has 9 heteroatoms. The van der Waals surface area contributed by atoms with Crippen molar-refractivity contribution >= 4 is 5.82 Å². The van der Waals surface area contributed by atoms with E-state index >= 15 is 0 Å². The van der Waals surface area contributed by atoms with Gasteiger partial charge in [-0.3, -0.25) is 4.79 Å². The third-order valence-corrected chi connectivity index (χ3v) is 4.41. The average Bonchev–Trinajstić information content (AvgIpc) is 2.63. The minimum atomic E-state index is -4.58. The third-order valence-electron chi connectivity index (χ3n) is 4.41. The Morgan fingerprint density at radius 3 is 2.62 bits per heavy atom. The van der Waals surface area contributed by atoms with Gasteiger partial charge >= 0.3 is 6.18 Å². The number of pyridine rings is 1. The first-order chi connectivity index (χ1) is 12.4. The molecule has 0 aliphatic carbocycles. The standard InChI is InChI=1S/C17H16F3N5O/c18-17(19,20)14-3-4-15(26)25(23-14)11-12-5-8-24(9-6-12)16-13(10-21)2-1-7-22-16/h1-4,7,12H,5-6,8-9,11H2. The van der Waals surface area contributed by atoms with Crippen LogP contribution < -0.4 is 10.5 Å². The minimum Gasteiger partial charge on any atom is -0.356 e. The number of aromatic nitrogens is 3. The molecule has 2 aromatic heterocycles. The van der Waals surface area contributed by atoms with Crippen molar-refractivity contribution in [2.24, 2.45) is 5.92 Å². The molecular weight excluding hydrogens is 347 g/mol. The molecule has 0 N–H and O–H groups in total. The smallest absolute Gasteiger partial charge is 0.356 e. The van der Waals surface area contributed by atoms with Crippen molar-refractivity contribution in [1.29, 1.82) is 5.26 Å². The molecule has 0 unspecified atom stereocenters. The summed E-state index contributed by atoms with van der Waals surface area (Å²) in [5.74, 6) is 0.650. The van der Waals surface area contributed by atoms with Gasteiger partial charge in [-0.25, -0.2) is 9.67 Å². The van der Waals surface area contributed by atoms with Crippen LogP contribution in [-0.2, 0) is 12.7 Å². The van der Waals surface area contributed by atoms with Crippen LogP contribution in [0.4, 0.5) is 19.0 Å². The van der Waals surface area contributed by atoms with Gasteiger partial charge in [0.05, 0.1) is 5.56 Å². The van der Waals surface area contributed by atoms with E-state index in [2.05, 4.69) is 16.2 Å². The molecule has 1 aliphatic heterocycles. The van der Waals surface area contributed by atoms with Crippen LogP contribution in [0, 0.1) is 17.2 Å². The highest BCUT2D eigenvalue weighted by Crippen LogP contribution is 2.27. The van der Waals surface area contributed by atoms with E-state index in [1.807, 2.05) is 4.90 Å². The summed E-state index contributed by atoms with van der Waals surface area (Å²) in [6, 6.07) is 7.10.